The van der Waals surface area contributed by atoms with Gasteiger partial charge in [0.2, 0.25) is 0 Å². The summed E-state index contributed by atoms with van der Waals surface area (Å²) in [7, 11) is 3.74. The lowest BCUT2D eigenvalue weighted by Crippen LogP contribution is -2.13. The summed E-state index contributed by atoms with van der Waals surface area (Å²) in [4.78, 5) is 0. The molecule has 0 amide bonds. The highest BCUT2D eigenvalue weighted by Crippen LogP contribution is 2.22. The van der Waals surface area contributed by atoms with Gasteiger partial charge in [0.25, 0.3) is 0 Å². The number of hydrogen-bond donors (Lipinski definition) is 1. The summed E-state index contributed by atoms with van der Waals surface area (Å²) in [6, 6.07) is 6.60. The van der Waals surface area contributed by atoms with Crippen molar-refractivity contribution in [3.63, 3.8) is 0 Å². The van der Waals surface area contributed by atoms with E-state index in [9.17, 15) is 0 Å². The van der Waals surface area contributed by atoms with E-state index in [4.69, 9.17) is 4.74 Å². The molecule has 84 valence electrons. The van der Waals surface area contributed by atoms with Gasteiger partial charge in [-0.3, -0.25) is 0 Å². The Labute approximate surface area is 92.6 Å². The van der Waals surface area contributed by atoms with E-state index in [2.05, 4.69) is 37.4 Å². The zero-order valence-corrected chi connectivity index (χ0v) is 10.1. The predicted octanol–water partition coefficient (Wildman–Crippen LogP) is 2.60. The molecule has 1 unspecified atom stereocenters. The van der Waals surface area contributed by atoms with Gasteiger partial charge in [0.15, 0.2) is 0 Å². The van der Waals surface area contributed by atoms with E-state index in [1.54, 1.807) is 7.11 Å². The first-order valence-corrected chi connectivity index (χ1v) is 5.43. The zero-order chi connectivity index (χ0) is 11.3. The summed E-state index contributed by atoms with van der Waals surface area (Å²) < 4.78 is 5.51. The number of hydrogen-bond acceptors (Lipinski definition) is 2. The first kappa shape index (κ1) is 12.2. The molecule has 0 saturated carbocycles. The van der Waals surface area contributed by atoms with Crippen LogP contribution in [0.5, 0.6) is 0 Å². The van der Waals surface area contributed by atoms with Crippen molar-refractivity contribution >= 4 is 0 Å². The summed E-state index contributed by atoms with van der Waals surface area (Å²) in [5.74, 6) is 0. The molecule has 0 radical (unpaired) electrons. The van der Waals surface area contributed by atoms with Crippen LogP contribution in [0.25, 0.3) is 0 Å². The first-order chi connectivity index (χ1) is 7.17. The molecule has 1 aromatic rings. The van der Waals surface area contributed by atoms with E-state index in [-0.39, 0.29) is 6.10 Å². The van der Waals surface area contributed by atoms with E-state index in [1.807, 2.05) is 7.05 Å². The van der Waals surface area contributed by atoms with Gasteiger partial charge in [-0.2, -0.15) is 0 Å². The van der Waals surface area contributed by atoms with Gasteiger partial charge in [0, 0.05) is 7.11 Å². The molecule has 1 rings (SSSR count). The third-order valence-electron chi connectivity index (χ3n) is 2.56. The van der Waals surface area contributed by atoms with Gasteiger partial charge in [0.05, 0.1) is 6.10 Å². The standard InChI is InChI=1S/C13H21NO/c1-10-7-11(2)9-12(8-10)13(15-4)5-6-14-3/h7-9,13-14H,5-6H2,1-4H3. The second kappa shape index (κ2) is 5.89. The van der Waals surface area contributed by atoms with Crippen LogP contribution in [-0.4, -0.2) is 20.7 Å². The van der Waals surface area contributed by atoms with Crippen LogP contribution < -0.4 is 5.32 Å². The van der Waals surface area contributed by atoms with Crippen molar-refractivity contribution in [2.75, 3.05) is 20.7 Å². The highest BCUT2D eigenvalue weighted by molar-refractivity contribution is 5.30. The first-order valence-electron chi connectivity index (χ1n) is 5.43. The Bertz CT molecular complexity index is 289. The van der Waals surface area contributed by atoms with Crippen molar-refractivity contribution in [1.82, 2.24) is 5.32 Å². The molecule has 0 fully saturated rings. The number of nitrogens with one attached hydrogen (secondary N) is 1. The van der Waals surface area contributed by atoms with Gasteiger partial charge in [-0.25, -0.2) is 0 Å². The highest BCUT2D eigenvalue weighted by Gasteiger charge is 2.10. The second-order valence-corrected chi connectivity index (χ2v) is 4.04. The third-order valence-corrected chi connectivity index (χ3v) is 2.56. The summed E-state index contributed by atoms with van der Waals surface area (Å²) in [6.45, 7) is 5.23. The lowest BCUT2D eigenvalue weighted by molar-refractivity contribution is 0.0960. The van der Waals surface area contributed by atoms with Crippen LogP contribution in [0.4, 0.5) is 0 Å². The molecule has 0 spiro atoms. The topological polar surface area (TPSA) is 21.3 Å². The van der Waals surface area contributed by atoms with Crippen LogP contribution in [0.15, 0.2) is 18.2 Å². The molecule has 1 aromatic carbocycles. The Morgan fingerprint density at radius 1 is 1.20 bits per heavy atom. The minimum atomic E-state index is 0.205. The lowest BCUT2D eigenvalue weighted by atomic mass is 10.0. The summed E-state index contributed by atoms with van der Waals surface area (Å²) >= 11 is 0. The quantitative estimate of drug-likeness (QED) is 0.801. The fourth-order valence-corrected chi connectivity index (χ4v) is 1.89. The molecular formula is C13H21NO. The van der Waals surface area contributed by atoms with Crippen molar-refractivity contribution in [2.45, 2.75) is 26.4 Å². The van der Waals surface area contributed by atoms with Gasteiger partial charge in [0.1, 0.15) is 0 Å². The van der Waals surface area contributed by atoms with Crippen LogP contribution in [0, 0.1) is 13.8 Å². The van der Waals surface area contributed by atoms with Crippen LogP contribution in [0.1, 0.15) is 29.2 Å². The average Bonchev–Trinajstić information content (AvgIpc) is 2.17. The molecule has 0 saturated heterocycles. The molecule has 2 heteroatoms. The van der Waals surface area contributed by atoms with Crippen molar-refractivity contribution < 1.29 is 4.74 Å². The van der Waals surface area contributed by atoms with Crippen molar-refractivity contribution in [3.8, 4) is 0 Å². The maximum atomic E-state index is 5.51. The van der Waals surface area contributed by atoms with Crippen molar-refractivity contribution in [2.24, 2.45) is 0 Å². The molecule has 0 aliphatic rings. The van der Waals surface area contributed by atoms with Gasteiger partial charge in [-0.15, -0.1) is 0 Å². The molecule has 15 heavy (non-hydrogen) atoms. The Morgan fingerprint density at radius 2 is 1.80 bits per heavy atom. The van der Waals surface area contributed by atoms with Gasteiger partial charge < -0.3 is 10.1 Å². The fourth-order valence-electron chi connectivity index (χ4n) is 1.89. The minimum absolute atomic E-state index is 0.205. The van der Waals surface area contributed by atoms with Gasteiger partial charge in [-0.1, -0.05) is 29.3 Å². The fraction of sp³-hybridized carbons (Fsp3) is 0.538. The SMILES string of the molecule is CNCCC(OC)c1cc(C)cc(C)c1. The largest absolute Gasteiger partial charge is 0.377 e. The molecular weight excluding hydrogens is 186 g/mol. The van der Waals surface area contributed by atoms with Crippen LogP contribution in [0.3, 0.4) is 0 Å². The van der Waals surface area contributed by atoms with Gasteiger partial charge in [-0.05, 0) is 39.4 Å². The van der Waals surface area contributed by atoms with E-state index >= 15 is 0 Å². The molecule has 0 aliphatic heterocycles. The Balaban J connectivity index is 2.81. The predicted molar refractivity (Wildman–Crippen MR) is 64.2 cm³/mol. The lowest BCUT2D eigenvalue weighted by Gasteiger charge is -2.16. The highest BCUT2D eigenvalue weighted by atomic mass is 16.5. The number of ether oxygens (including phenoxy) is 1. The second-order valence-electron chi connectivity index (χ2n) is 4.04. The molecule has 2 nitrogen and oxygen atoms in total. The average molecular weight is 207 g/mol. The maximum Gasteiger partial charge on any atom is 0.0833 e. The zero-order valence-electron chi connectivity index (χ0n) is 10.1. The van der Waals surface area contributed by atoms with Crippen molar-refractivity contribution in [1.29, 1.82) is 0 Å². The smallest absolute Gasteiger partial charge is 0.0833 e. The van der Waals surface area contributed by atoms with E-state index in [1.165, 1.54) is 16.7 Å². The van der Waals surface area contributed by atoms with Crippen molar-refractivity contribution in [3.05, 3.63) is 34.9 Å². The molecule has 1 N–H and O–H groups in total. The van der Waals surface area contributed by atoms with E-state index < -0.39 is 0 Å². The molecule has 0 aromatic heterocycles. The molecule has 0 bridgehead atoms. The minimum Gasteiger partial charge on any atom is -0.377 e. The number of aryl methyl sites for hydroxylation is 2. The van der Waals surface area contributed by atoms with Crippen LogP contribution >= 0.6 is 0 Å². The molecule has 1 atom stereocenters. The van der Waals surface area contributed by atoms with Crippen LogP contribution in [-0.2, 0) is 4.74 Å². The Kier molecular flexibility index (Phi) is 4.79. The third kappa shape index (κ3) is 3.65. The molecule has 0 aliphatic carbocycles. The summed E-state index contributed by atoms with van der Waals surface area (Å²) in [6.07, 6.45) is 1.21. The number of benzene rings is 1. The van der Waals surface area contributed by atoms with E-state index in [0.717, 1.165) is 13.0 Å². The number of methoxy groups -OCH3 is 1. The summed E-state index contributed by atoms with van der Waals surface area (Å²) in [5, 5.41) is 3.15. The van der Waals surface area contributed by atoms with Gasteiger partial charge >= 0.3 is 0 Å². The molecule has 0 heterocycles. The van der Waals surface area contributed by atoms with Crippen LogP contribution in [0.2, 0.25) is 0 Å². The monoisotopic (exact) mass is 207 g/mol. The number of rotatable bonds is 5. The Hall–Kier alpha value is -0.860. The Morgan fingerprint density at radius 3 is 2.27 bits per heavy atom. The normalized spacial score (nSPS) is 12.8. The summed E-state index contributed by atoms with van der Waals surface area (Å²) in [5.41, 5.74) is 3.89. The maximum absolute atomic E-state index is 5.51. The van der Waals surface area contributed by atoms with E-state index in [0.29, 0.717) is 0 Å².